The summed E-state index contributed by atoms with van der Waals surface area (Å²) in [7, 11) is 0. The van der Waals surface area contributed by atoms with Crippen molar-refractivity contribution in [3.63, 3.8) is 0 Å². The van der Waals surface area contributed by atoms with Crippen molar-refractivity contribution < 1.29 is 23.1 Å². The van der Waals surface area contributed by atoms with E-state index in [2.05, 4.69) is 10.2 Å². The number of aromatic nitrogens is 2. The standard InChI is InChI=1S/C15H16F3N3O2/c1-2-21(9-13(22)15(16,17)18)14(23)12-6-4-3-5-11(12)10-7-19-20-8-10/h3-8,13,22H,2,9H2,1H3,(H,19,20). The summed E-state index contributed by atoms with van der Waals surface area (Å²) in [6, 6.07) is 6.57. The molecule has 0 fully saturated rings. The lowest BCUT2D eigenvalue weighted by Gasteiger charge is -2.25. The van der Waals surface area contributed by atoms with Gasteiger partial charge in [0.1, 0.15) is 0 Å². The van der Waals surface area contributed by atoms with Gasteiger partial charge in [-0.2, -0.15) is 18.3 Å². The van der Waals surface area contributed by atoms with Crippen LogP contribution in [0.15, 0.2) is 36.7 Å². The number of nitrogens with one attached hydrogen (secondary N) is 1. The Morgan fingerprint density at radius 3 is 2.65 bits per heavy atom. The van der Waals surface area contributed by atoms with Crippen LogP contribution in [0.2, 0.25) is 0 Å². The van der Waals surface area contributed by atoms with Gasteiger partial charge in [0.25, 0.3) is 5.91 Å². The zero-order chi connectivity index (χ0) is 17.0. The van der Waals surface area contributed by atoms with Crippen molar-refractivity contribution >= 4 is 5.91 Å². The molecule has 2 N–H and O–H groups in total. The van der Waals surface area contributed by atoms with Crippen molar-refractivity contribution in [3.8, 4) is 11.1 Å². The first-order chi connectivity index (χ1) is 10.8. The molecule has 5 nitrogen and oxygen atoms in total. The van der Waals surface area contributed by atoms with Crippen LogP contribution in [0.25, 0.3) is 11.1 Å². The summed E-state index contributed by atoms with van der Waals surface area (Å²) in [5.41, 5.74) is 1.47. The zero-order valence-corrected chi connectivity index (χ0v) is 12.3. The van der Waals surface area contributed by atoms with Gasteiger partial charge in [0.2, 0.25) is 0 Å². The summed E-state index contributed by atoms with van der Waals surface area (Å²) >= 11 is 0. The Balaban J connectivity index is 2.29. The van der Waals surface area contributed by atoms with Crippen LogP contribution < -0.4 is 0 Å². The lowest BCUT2D eigenvalue weighted by Crippen LogP contribution is -2.43. The van der Waals surface area contributed by atoms with Gasteiger partial charge in [0.15, 0.2) is 6.10 Å². The smallest absolute Gasteiger partial charge is 0.382 e. The predicted octanol–water partition coefficient (Wildman–Crippen LogP) is 2.46. The highest BCUT2D eigenvalue weighted by molar-refractivity contribution is 6.00. The van der Waals surface area contributed by atoms with Crippen LogP contribution in [0.5, 0.6) is 0 Å². The number of hydrogen-bond donors (Lipinski definition) is 2. The minimum Gasteiger partial charge on any atom is -0.382 e. The first-order valence-electron chi connectivity index (χ1n) is 6.96. The number of benzene rings is 1. The summed E-state index contributed by atoms with van der Waals surface area (Å²) < 4.78 is 37.5. The highest BCUT2D eigenvalue weighted by atomic mass is 19.4. The van der Waals surface area contributed by atoms with E-state index >= 15 is 0 Å². The van der Waals surface area contributed by atoms with Gasteiger partial charge < -0.3 is 10.0 Å². The minimum absolute atomic E-state index is 0.0473. The first-order valence-corrected chi connectivity index (χ1v) is 6.96. The molecule has 0 aliphatic rings. The molecule has 1 unspecified atom stereocenters. The van der Waals surface area contributed by atoms with Crippen molar-refractivity contribution in [2.75, 3.05) is 13.1 Å². The lowest BCUT2D eigenvalue weighted by molar-refractivity contribution is -0.206. The van der Waals surface area contributed by atoms with Crippen LogP contribution in [0.1, 0.15) is 17.3 Å². The van der Waals surface area contributed by atoms with Crippen molar-refractivity contribution in [2.45, 2.75) is 19.2 Å². The van der Waals surface area contributed by atoms with Crippen molar-refractivity contribution in [2.24, 2.45) is 0 Å². The molecule has 1 heterocycles. The van der Waals surface area contributed by atoms with Crippen molar-refractivity contribution in [1.82, 2.24) is 15.1 Å². The number of carbonyl (C=O) groups is 1. The Hall–Kier alpha value is -2.35. The molecule has 0 aliphatic carbocycles. The quantitative estimate of drug-likeness (QED) is 0.886. The maximum absolute atomic E-state index is 12.6. The second kappa shape index (κ2) is 6.82. The van der Waals surface area contributed by atoms with Crippen molar-refractivity contribution in [1.29, 1.82) is 0 Å². The van der Waals surface area contributed by atoms with Crippen LogP contribution in [0.4, 0.5) is 13.2 Å². The molecule has 2 aromatic rings. The molecule has 0 bridgehead atoms. The average Bonchev–Trinajstić information content (AvgIpc) is 3.05. The highest BCUT2D eigenvalue weighted by Crippen LogP contribution is 2.25. The normalized spacial score (nSPS) is 12.9. The third-order valence-electron chi connectivity index (χ3n) is 3.41. The Bertz CT molecular complexity index is 656. The van der Waals surface area contributed by atoms with E-state index in [0.717, 1.165) is 4.90 Å². The molecule has 124 valence electrons. The Labute approximate surface area is 130 Å². The lowest BCUT2D eigenvalue weighted by atomic mass is 10.0. The topological polar surface area (TPSA) is 69.2 Å². The molecule has 1 atom stereocenters. The van der Waals surface area contributed by atoms with Crippen LogP contribution in [0.3, 0.4) is 0 Å². The highest BCUT2D eigenvalue weighted by Gasteiger charge is 2.40. The number of H-pyrrole nitrogens is 1. The molecule has 0 saturated heterocycles. The maximum Gasteiger partial charge on any atom is 0.416 e. The molecular formula is C15H16F3N3O2. The molecule has 8 heteroatoms. The summed E-state index contributed by atoms with van der Waals surface area (Å²) in [5, 5.41) is 15.6. The number of halogens is 3. The number of alkyl halides is 3. The summed E-state index contributed by atoms with van der Waals surface area (Å²) in [5.74, 6) is -0.576. The van der Waals surface area contributed by atoms with Gasteiger partial charge in [-0.1, -0.05) is 18.2 Å². The summed E-state index contributed by atoms with van der Waals surface area (Å²) in [6.45, 7) is 0.797. The van der Waals surface area contributed by atoms with Crippen LogP contribution in [0, 0.1) is 0 Å². The van der Waals surface area contributed by atoms with Gasteiger partial charge in [0.05, 0.1) is 12.7 Å². The fourth-order valence-corrected chi connectivity index (χ4v) is 2.16. The fourth-order valence-electron chi connectivity index (χ4n) is 2.16. The number of carbonyl (C=O) groups excluding carboxylic acids is 1. The van der Waals surface area contributed by atoms with Gasteiger partial charge in [0, 0.05) is 23.9 Å². The van der Waals surface area contributed by atoms with Crippen LogP contribution in [-0.4, -0.2) is 51.5 Å². The Morgan fingerprint density at radius 1 is 1.39 bits per heavy atom. The van der Waals surface area contributed by atoms with E-state index in [0.29, 0.717) is 11.1 Å². The van der Waals surface area contributed by atoms with E-state index in [1.807, 2.05) is 0 Å². The van der Waals surface area contributed by atoms with E-state index in [9.17, 15) is 23.1 Å². The molecule has 0 spiro atoms. The number of nitrogens with zero attached hydrogens (tertiary/aromatic N) is 2. The number of aliphatic hydroxyl groups excluding tert-OH is 1. The molecule has 1 aromatic heterocycles. The fraction of sp³-hybridized carbons (Fsp3) is 0.333. The third-order valence-corrected chi connectivity index (χ3v) is 3.41. The van der Waals surface area contributed by atoms with Gasteiger partial charge >= 0.3 is 6.18 Å². The molecule has 1 amide bonds. The molecular weight excluding hydrogens is 311 g/mol. The molecule has 2 rings (SSSR count). The van der Waals surface area contributed by atoms with Gasteiger partial charge in [-0.05, 0) is 18.6 Å². The molecule has 0 saturated carbocycles. The molecule has 0 aliphatic heterocycles. The third kappa shape index (κ3) is 3.89. The van der Waals surface area contributed by atoms with Gasteiger partial charge in [-0.15, -0.1) is 0 Å². The first kappa shape index (κ1) is 17.0. The van der Waals surface area contributed by atoms with Crippen LogP contribution >= 0.6 is 0 Å². The van der Waals surface area contributed by atoms with E-state index in [1.54, 1.807) is 31.3 Å². The van der Waals surface area contributed by atoms with Gasteiger partial charge in [-0.3, -0.25) is 9.89 Å². The van der Waals surface area contributed by atoms with E-state index in [1.165, 1.54) is 12.3 Å². The Morgan fingerprint density at radius 2 is 2.09 bits per heavy atom. The molecule has 23 heavy (non-hydrogen) atoms. The molecule has 0 radical (unpaired) electrons. The average molecular weight is 327 g/mol. The second-order valence-corrected chi connectivity index (χ2v) is 4.93. The summed E-state index contributed by atoms with van der Waals surface area (Å²) in [6.07, 6.45) is -4.23. The largest absolute Gasteiger partial charge is 0.416 e. The minimum atomic E-state index is -4.77. The molecule has 1 aromatic carbocycles. The predicted molar refractivity (Wildman–Crippen MR) is 77.7 cm³/mol. The number of hydrogen-bond acceptors (Lipinski definition) is 3. The number of amides is 1. The zero-order valence-electron chi connectivity index (χ0n) is 12.3. The number of aliphatic hydroxyl groups is 1. The number of likely N-dealkylation sites (N-methyl/N-ethyl adjacent to an activating group) is 1. The number of rotatable bonds is 5. The second-order valence-electron chi connectivity index (χ2n) is 4.93. The number of aromatic amines is 1. The Kier molecular flexibility index (Phi) is 5.05. The SMILES string of the molecule is CCN(CC(O)C(F)(F)F)C(=O)c1ccccc1-c1cn[nH]c1. The summed E-state index contributed by atoms with van der Waals surface area (Å²) in [4.78, 5) is 13.5. The maximum atomic E-state index is 12.6. The van der Waals surface area contributed by atoms with Crippen LogP contribution in [-0.2, 0) is 0 Å². The monoisotopic (exact) mass is 327 g/mol. The van der Waals surface area contributed by atoms with Gasteiger partial charge in [-0.25, -0.2) is 0 Å². The van der Waals surface area contributed by atoms with Crippen molar-refractivity contribution in [3.05, 3.63) is 42.2 Å². The van der Waals surface area contributed by atoms with E-state index < -0.39 is 24.7 Å². The van der Waals surface area contributed by atoms with E-state index in [-0.39, 0.29) is 12.1 Å². The van der Waals surface area contributed by atoms with E-state index in [4.69, 9.17) is 0 Å².